The molecule has 20 heavy (non-hydrogen) atoms. The summed E-state index contributed by atoms with van der Waals surface area (Å²) in [7, 11) is 0. The van der Waals surface area contributed by atoms with Crippen molar-refractivity contribution >= 4 is 0 Å². The fraction of sp³-hybridized carbons (Fsp3) is 0.600. The Balaban J connectivity index is 1.93. The zero-order valence-corrected chi connectivity index (χ0v) is 11.8. The molecule has 1 N–H and O–H groups in total. The molecular formula is C15H21F2NO2. The molecule has 0 amide bonds. The maximum Gasteiger partial charge on any atom is 0.387 e. The van der Waals surface area contributed by atoms with Gasteiger partial charge in [-0.25, -0.2) is 0 Å². The Morgan fingerprint density at radius 1 is 1.25 bits per heavy atom. The SMILES string of the molecule is CC1CC(NCc2ccccc2OC(F)F)CC(C)O1. The molecule has 112 valence electrons. The third kappa shape index (κ3) is 4.42. The second kappa shape index (κ2) is 6.99. The summed E-state index contributed by atoms with van der Waals surface area (Å²) in [6.07, 6.45) is 2.32. The average molecular weight is 285 g/mol. The van der Waals surface area contributed by atoms with Crippen LogP contribution in [0.5, 0.6) is 5.75 Å². The van der Waals surface area contributed by atoms with Crippen LogP contribution in [-0.2, 0) is 11.3 Å². The van der Waals surface area contributed by atoms with Gasteiger partial charge in [0.25, 0.3) is 0 Å². The Hall–Kier alpha value is -1.20. The summed E-state index contributed by atoms with van der Waals surface area (Å²) < 4.78 is 34.9. The molecule has 0 aliphatic carbocycles. The van der Waals surface area contributed by atoms with Crippen LogP contribution in [0.1, 0.15) is 32.3 Å². The molecule has 1 aliphatic heterocycles. The van der Waals surface area contributed by atoms with E-state index in [9.17, 15) is 8.78 Å². The van der Waals surface area contributed by atoms with Crippen molar-refractivity contribution in [3.8, 4) is 5.75 Å². The van der Waals surface area contributed by atoms with Crippen LogP contribution in [0.25, 0.3) is 0 Å². The summed E-state index contributed by atoms with van der Waals surface area (Å²) >= 11 is 0. The number of hydrogen-bond donors (Lipinski definition) is 1. The Morgan fingerprint density at radius 2 is 1.90 bits per heavy atom. The first-order valence-electron chi connectivity index (χ1n) is 6.96. The topological polar surface area (TPSA) is 30.5 Å². The minimum Gasteiger partial charge on any atom is -0.434 e. The summed E-state index contributed by atoms with van der Waals surface area (Å²) in [4.78, 5) is 0. The molecular weight excluding hydrogens is 264 g/mol. The van der Waals surface area contributed by atoms with Gasteiger partial charge in [0.1, 0.15) is 5.75 Å². The lowest BCUT2D eigenvalue weighted by atomic mass is 9.99. The van der Waals surface area contributed by atoms with Gasteiger partial charge in [-0.3, -0.25) is 0 Å². The van der Waals surface area contributed by atoms with Crippen molar-refractivity contribution < 1.29 is 18.3 Å². The number of nitrogens with one attached hydrogen (secondary N) is 1. The van der Waals surface area contributed by atoms with Crippen LogP contribution >= 0.6 is 0 Å². The van der Waals surface area contributed by atoms with Crippen LogP contribution < -0.4 is 10.1 Å². The number of hydrogen-bond acceptors (Lipinski definition) is 3. The maximum absolute atomic E-state index is 12.3. The first-order chi connectivity index (χ1) is 9.54. The number of rotatable bonds is 5. The fourth-order valence-corrected chi connectivity index (χ4v) is 2.69. The van der Waals surface area contributed by atoms with Crippen molar-refractivity contribution in [2.75, 3.05) is 0 Å². The second-order valence-electron chi connectivity index (χ2n) is 5.29. The average Bonchev–Trinajstić information content (AvgIpc) is 2.36. The van der Waals surface area contributed by atoms with Crippen molar-refractivity contribution in [3.05, 3.63) is 29.8 Å². The standard InChI is InChI=1S/C15H21F2NO2/c1-10-7-13(8-11(2)19-10)18-9-12-5-3-4-6-14(12)20-15(16)17/h3-6,10-11,13,15,18H,7-9H2,1-2H3. The zero-order valence-electron chi connectivity index (χ0n) is 11.8. The van der Waals surface area contributed by atoms with Crippen LogP contribution in [0.2, 0.25) is 0 Å². The highest BCUT2D eigenvalue weighted by Gasteiger charge is 2.24. The van der Waals surface area contributed by atoms with Crippen LogP contribution in [0.4, 0.5) is 8.78 Å². The summed E-state index contributed by atoms with van der Waals surface area (Å²) in [5.74, 6) is 0.239. The molecule has 5 heteroatoms. The molecule has 0 aromatic heterocycles. The molecule has 1 aliphatic rings. The number of benzene rings is 1. The van der Waals surface area contributed by atoms with Gasteiger partial charge in [0.2, 0.25) is 0 Å². The van der Waals surface area contributed by atoms with Gasteiger partial charge in [0, 0.05) is 18.2 Å². The highest BCUT2D eigenvalue weighted by Crippen LogP contribution is 2.22. The van der Waals surface area contributed by atoms with Gasteiger partial charge in [-0.15, -0.1) is 0 Å². The van der Waals surface area contributed by atoms with Gasteiger partial charge in [-0.05, 0) is 32.8 Å². The molecule has 0 saturated carbocycles. The summed E-state index contributed by atoms with van der Waals surface area (Å²) in [5, 5.41) is 3.41. The molecule has 3 nitrogen and oxygen atoms in total. The minimum absolute atomic E-state index is 0.226. The smallest absolute Gasteiger partial charge is 0.387 e. The van der Waals surface area contributed by atoms with Crippen LogP contribution in [0.15, 0.2) is 24.3 Å². The van der Waals surface area contributed by atoms with Gasteiger partial charge in [0.15, 0.2) is 0 Å². The number of alkyl halides is 2. The van der Waals surface area contributed by atoms with E-state index in [4.69, 9.17) is 4.74 Å². The van der Waals surface area contributed by atoms with E-state index >= 15 is 0 Å². The van der Waals surface area contributed by atoms with Gasteiger partial charge in [-0.1, -0.05) is 18.2 Å². The molecule has 1 aromatic rings. The quantitative estimate of drug-likeness (QED) is 0.900. The normalized spacial score (nSPS) is 26.8. The van der Waals surface area contributed by atoms with Gasteiger partial charge >= 0.3 is 6.61 Å². The number of para-hydroxylation sites is 1. The summed E-state index contributed by atoms with van der Waals surface area (Å²) in [6.45, 7) is 1.84. The van der Waals surface area contributed by atoms with E-state index in [1.165, 1.54) is 0 Å². The van der Waals surface area contributed by atoms with E-state index in [1.54, 1.807) is 18.2 Å². The molecule has 1 fully saturated rings. The highest BCUT2D eigenvalue weighted by atomic mass is 19.3. The van der Waals surface area contributed by atoms with E-state index in [2.05, 4.69) is 23.9 Å². The maximum atomic E-state index is 12.3. The molecule has 2 atom stereocenters. The number of ether oxygens (including phenoxy) is 2. The Morgan fingerprint density at radius 3 is 2.55 bits per heavy atom. The molecule has 0 radical (unpaired) electrons. The highest BCUT2D eigenvalue weighted by molar-refractivity contribution is 5.33. The van der Waals surface area contributed by atoms with Gasteiger partial charge < -0.3 is 14.8 Å². The van der Waals surface area contributed by atoms with E-state index in [-0.39, 0.29) is 18.0 Å². The Labute approximate surface area is 118 Å². The monoisotopic (exact) mass is 285 g/mol. The van der Waals surface area contributed by atoms with Crippen molar-refractivity contribution in [1.82, 2.24) is 5.32 Å². The van der Waals surface area contributed by atoms with Crippen molar-refractivity contribution in [2.45, 2.75) is 58.1 Å². The largest absolute Gasteiger partial charge is 0.434 e. The Kier molecular flexibility index (Phi) is 5.31. The summed E-state index contributed by atoms with van der Waals surface area (Å²) in [5.41, 5.74) is 0.750. The second-order valence-corrected chi connectivity index (χ2v) is 5.29. The lowest BCUT2D eigenvalue weighted by Gasteiger charge is -2.32. The lowest BCUT2D eigenvalue weighted by Crippen LogP contribution is -2.41. The van der Waals surface area contributed by atoms with E-state index in [0.29, 0.717) is 12.6 Å². The van der Waals surface area contributed by atoms with Crippen molar-refractivity contribution in [1.29, 1.82) is 0 Å². The molecule has 0 spiro atoms. The third-order valence-corrected chi connectivity index (χ3v) is 3.47. The predicted octanol–water partition coefficient (Wildman–Crippen LogP) is 3.33. The lowest BCUT2D eigenvalue weighted by molar-refractivity contribution is -0.0508. The number of halogens is 2. The van der Waals surface area contributed by atoms with E-state index in [0.717, 1.165) is 18.4 Å². The molecule has 2 rings (SSSR count). The first-order valence-corrected chi connectivity index (χ1v) is 6.96. The van der Waals surface area contributed by atoms with Crippen LogP contribution in [0.3, 0.4) is 0 Å². The fourth-order valence-electron chi connectivity index (χ4n) is 2.69. The third-order valence-electron chi connectivity index (χ3n) is 3.47. The van der Waals surface area contributed by atoms with Crippen LogP contribution in [0, 0.1) is 0 Å². The van der Waals surface area contributed by atoms with Crippen molar-refractivity contribution in [3.63, 3.8) is 0 Å². The molecule has 1 aromatic carbocycles. The van der Waals surface area contributed by atoms with E-state index < -0.39 is 6.61 Å². The first kappa shape index (κ1) is 15.2. The summed E-state index contributed by atoms with van der Waals surface area (Å²) in [6, 6.07) is 7.23. The van der Waals surface area contributed by atoms with Gasteiger partial charge in [0.05, 0.1) is 12.2 Å². The molecule has 1 heterocycles. The molecule has 0 bridgehead atoms. The minimum atomic E-state index is -2.79. The van der Waals surface area contributed by atoms with Crippen molar-refractivity contribution in [2.24, 2.45) is 0 Å². The van der Waals surface area contributed by atoms with Gasteiger partial charge in [-0.2, -0.15) is 8.78 Å². The molecule has 2 unspecified atom stereocenters. The molecule has 1 saturated heterocycles. The van der Waals surface area contributed by atoms with Crippen LogP contribution in [-0.4, -0.2) is 24.9 Å². The van der Waals surface area contributed by atoms with E-state index in [1.807, 2.05) is 6.07 Å². The zero-order chi connectivity index (χ0) is 14.5. The Bertz CT molecular complexity index is 418. The predicted molar refractivity (Wildman–Crippen MR) is 72.9 cm³/mol.